The Labute approximate surface area is 200 Å². The number of rotatable bonds is 4. The van der Waals surface area contributed by atoms with E-state index in [9.17, 15) is 10.2 Å². The molecule has 0 spiro atoms. The van der Waals surface area contributed by atoms with E-state index in [4.69, 9.17) is 9.97 Å². The van der Waals surface area contributed by atoms with E-state index in [-0.39, 0.29) is 11.6 Å². The van der Waals surface area contributed by atoms with Gasteiger partial charge in [-0.1, -0.05) is 48.0 Å². The first-order chi connectivity index (χ1) is 16.5. The maximum absolute atomic E-state index is 11.2. The van der Waals surface area contributed by atoms with Crippen LogP contribution in [0.4, 0.5) is 0 Å². The molecule has 5 nitrogen and oxygen atoms in total. The molecule has 34 heavy (non-hydrogen) atoms. The summed E-state index contributed by atoms with van der Waals surface area (Å²) in [4.78, 5) is 10.8. The van der Waals surface area contributed by atoms with E-state index in [1.54, 1.807) is 34.1 Å². The van der Waals surface area contributed by atoms with Crippen LogP contribution in [0.25, 0.3) is 37.6 Å². The lowest BCUT2D eigenvalue weighted by atomic mass is 10.1. The second-order valence-electron chi connectivity index (χ2n) is 8.41. The molecule has 6 heteroatoms. The molecule has 3 aromatic heterocycles. The molecule has 0 fully saturated rings. The number of benzene rings is 3. The topological polar surface area (TPSA) is 70.7 Å². The molecule has 166 valence electrons. The van der Waals surface area contributed by atoms with Crippen LogP contribution in [-0.2, 0) is 6.42 Å². The normalized spacial score (nSPS) is 11.4. The molecule has 0 aliphatic rings. The maximum Gasteiger partial charge on any atom is 0.219 e. The van der Waals surface area contributed by atoms with Crippen LogP contribution < -0.4 is 0 Å². The number of imidazole rings is 1. The van der Waals surface area contributed by atoms with Crippen LogP contribution in [0.3, 0.4) is 0 Å². The van der Waals surface area contributed by atoms with Gasteiger partial charge in [0.2, 0.25) is 5.88 Å². The first-order valence-electron chi connectivity index (χ1n) is 11.0. The van der Waals surface area contributed by atoms with Crippen molar-refractivity contribution in [2.24, 2.45) is 0 Å². The van der Waals surface area contributed by atoms with Crippen molar-refractivity contribution in [3.8, 4) is 33.5 Å². The number of aromatic hydroxyl groups is 2. The van der Waals surface area contributed by atoms with Crippen molar-refractivity contribution in [3.63, 3.8) is 0 Å². The van der Waals surface area contributed by atoms with Crippen molar-refractivity contribution in [2.45, 2.75) is 13.3 Å². The van der Waals surface area contributed by atoms with Crippen molar-refractivity contribution < 1.29 is 10.2 Å². The molecule has 0 radical (unpaired) electrons. The van der Waals surface area contributed by atoms with Crippen molar-refractivity contribution in [1.29, 1.82) is 0 Å². The molecule has 0 bridgehead atoms. The predicted molar refractivity (Wildman–Crippen MR) is 137 cm³/mol. The van der Waals surface area contributed by atoms with Crippen LogP contribution in [0.2, 0.25) is 0 Å². The van der Waals surface area contributed by atoms with Gasteiger partial charge in [0.25, 0.3) is 0 Å². The van der Waals surface area contributed by atoms with Gasteiger partial charge in [-0.05, 0) is 54.3 Å². The first-order valence-corrected chi connectivity index (χ1v) is 11.8. The lowest BCUT2D eigenvalue weighted by Crippen LogP contribution is -1.95. The number of phenolic OH excluding ortho intramolecular Hbond substituents is 1. The van der Waals surface area contributed by atoms with E-state index in [1.165, 1.54) is 10.3 Å². The van der Waals surface area contributed by atoms with E-state index < -0.39 is 0 Å². The molecule has 6 rings (SSSR count). The number of phenols is 1. The molecule has 0 aliphatic carbocycles. The fourth-order valence-electron chi connectivity index (χ4n) is 4.13. The maximum atomic E-state index is 11.2. The SMILES string of the molecule is Cc1ccc(Cc2nc3c(-c4cc5ccccc5s4)nc(-c4ccc(O)cc4)cn3c2O)cc1. The predicted octanol–water partition coefficient (Wildman–Crippen LogP) is 6.59. The third-order valence-corrected chi connectivity index (χ3v) is 7.09. The number of aromatic nitrogens is 3. The molecule has 6 aromatic rings. The Kier molecular flexibility index (Phi) is 4.81. The minimum Gasteiger partial charge on any atom is -0.508 e. The Bertz CT molecular complexity index is 1620. The van der Waals surface area contributed by atoms with Crippen LogP contribution in [0.1, 0.15) is 16.8 Å². The van der Waals surface area contributed by atoms with Gasteiger partial charge >= 0.3 is 0 Å². The molecule has 2 N–H and O–H groups in total. The van der Waals surface area contributed by atoms with Gasteiger partial charge < -0.3 is 10.2 Å². The van der Waals surface area contributed by atoms with E-state index >= 15 is 0 Å². The summed E-state index contributed by atoms with van der Waals surface area (Å²) in [7, 11) is 0. The van der Waals surface area contributed by atoms with Gasteiger partial charge in [0.1, 0.15) is 17.1 Å². The van der Waals surface area contributed by atoms with E-state index in [2.05, 4.69) is 49.4 Å². The number of nitrogens with zero attached hydrogens (tertiary/aromatic N) is 3. The van der Waals surface area contributed by atoms with Crippen LogP contribution in [0, 0.1) is 6.92 Å². The zero-order chi connectivity index (χ0) is 23.2. The molecule has 0 amide bonds. The van der Waals surface area contributed by atoms with Gasteiger partial charge in [-0.25, -0.2) is 9.97 Å². The van der Waals surface area contributed by atoms with Crippen molar-refractivity contribution in [3.05, 3.63) is 102 Å². The quantitative estimate of drug-likeness (QED) is 0.309. The van der Waals surface area contributed by atoms with E-state index in [0.29, 0.717) is 23.5 Å². The van der Waals surface area contributed by atoms with Gasteiger partial charge in [0.05, 0.1) is 10.6 Å². The first kappa shape index (κ1) is 20.4. The van der Waals surface area contributed by atoms with Crippen LogP contribution in [0.5, 0.6) is 11.6 Å². The average molecular weight is 464 g/mol. The van der Waals surface area contributed by atoms with Crippen molar-refractivity contribution in [2.75, 3.05) is 0 Å². The number of thiophene rings is 1. The fourth-order valence-corrected chi connectivity index (χ4v) is 5.18. The van der Waals surface area contributed by atoms with Crippen molar-refractivity contribution in [1.82, 2.24) is 14.4 Å². The number of fused-ring (bicyclic) bond motifs is 2. The molecule has 3 heterocycles. The number of hydrogen-bond acceptors (Lipinski definition) is 5. The second-order valence-corrected chi connectivity index (χ2v) is 9.49. The molecule has 0 atom stereocenters. The molecule has 0 saturated carbocycles. The fraction of sp³-hybridized carbons (Fsp3) is 0.0714. The Balaban J connectivity index is 1.56. The highest BCUT2D eigenvalue weighted by atomic mass is 32.1. The van der Waals surface area contributed by atoms with Crippen LogP contribution in [0.15, 0.2) is 85.1 Å². The van der Waals surface area contributed by atoms with Gasteiger partial charge in [-0.3, -0.25) is 4.40 Å². The zero-order valence-corrected chi connectivity index (χ0v) is 19.3. The minimum atomic E-state index is 0.111. The number of hydrogen-bond donors (Lipinski definition) is 2. The molecular weight excluding hydrogens is 442 g/mol. The Morgan fingerprint density at radius 2 is 1.65 bits per heavy atom. The Morgan fingerprint density at radius 3 is 2.41 bits per heavy atom. The van der Waals surface area contributed by atoms with E-state index in [1.807, 2.05) is 24.3 Å². The summed E-state index contributed by atoms with van der Waals surface area (Å²) >= 11 is 1.65. The molecule has 3 aromatic carbocycles. The van der Waals surface area contributed by atoms with Crippen LogP contribution >= 0.6 is 11.3 Å². The summed E-state index contributed by atoms with van der Waals surface area (Å²) in [5, 5.41) is 22.0. The van der Waals surface area contributed by atoms with Gasteiger partial charge in [-0.15, -0.1) is 11.3 Å². The van der Waals surface area contributed by atoms with Gasteiger partial charge in [0, 0.05) is 22.9 Å². The molecular formula is C28H21N3O2S. The minimum absolute atomic E-state index is 0.111. The van der Waals surface area contributed by atoms with E-state index in [0.717, 1.165) is 27.1 Å². The highest BCUT2D eigenvalue weighted by Gasteiger charge is 2.20. The highest BCUT2D eigenvalue weighted by molar-refractivity contribution is 7.22. The lowest BCUT2D eigenvalue weighted by Gasteiger charge is -2.07. The third kappa shape index (κ3) is 3.58. The van der Waals surface area contributed by atoms with Gasteiger partial charge in [0.15, 0.2) is 5.65 Å². The summed E-state index contributed by atoms with van der Waals surface area (Å²) in [5.74, 6) is 0.306. The monoisotopic (exact) mass is 463 g/mol. The Hall–Kier alpha value is -4.16. The highest BCUT2D eigenvalue weighted by Crippen LogP contribution is 2.37. The zero-order valence-electron chi connectivity index (χ0n) is 18.4. The summed E-state index contributed by atoms with van der Waals surface area (Å²) in [6, 6.07) is 25.5. The summed E-state index contributed by atoms with van der Waals surface area (Å²) in [5.41, 5.74) is 5.75. The second kappa shape index (κ2) is 8.01. The molecule has 0 unspecified atom stereocenters. The Morgan fingerprint density at radius 1 is 0.882 bits per heavy atom. The summed E-state index contributed by atoms with van der Waals surface area (Å²) in [6.45, 7) is 2.06. The largest absolute Gasteiger partial charge is 0.508 e. The van der Waals surface area contributed by atoms with Gasteiger partial charge in [-0.2, -0.15) is 0 Å². The lowest BCUT2D eigenvalue weighted by molar-refractivity contribution is 0.442. The molecule has 0 saturated heterocycles. The smallest absolute Gasteiger partial charge is 0.219 e. The summed E-state index contributed by atoms with van der Waals surface area (Å²) in [6.07, 6.45) is 2.33. The van der Waals surface area contributed by atoms with Crippen LogP contribution in [-0.4, -0.2) is 24.6 Å². The molecule has 0 aliphatic heterocycles. The summed E-state index contributed by atoms with van der Waals surface area (Å²) < 4.78 is 2.89. The number of aryl methyl sites for hydroxylation is 1. The third-order valence-electron chi connectivity index (χ3n) is 5.96. The average Bonchev–Trinajstić information content (AvgIpc) is 3.42. The van der Waals surface area contributed by atoms with Crippen molar-refractivity contribution >= 4 is 27.1 Å². The standard InChI is InChI=1S/C28H21N3O2S/c1-17-6-8-18(9-7-17)14-22-28(33)31-16-23(19-10-12-21(32)13-11-19)29-26(27(31)30-22)25-15-20-4-2-3-5-24(20)34-25/h2-13,15-16,32-33H,14H2,1H3.